The molecule has 0 bridgehead atoms. The highest BCUT2D eigenvalue weighted by atomic mass is 15.3. The summed E-state index contributed by atoms with van der Waals surface area (Å²) in [5.74, 6) is 0. The second kappa shape index (κ2) is 6.69. The zero-order valence-electron chi connectivity index (χ0n) is 12.1. The van der Waals surface area contributed by atoms with Crippen molar-refractivity contribution in [2.24, 2.45) is 0 Å². The first-order valence-electron chi connectivity index (χ1n) is 7.52. The first-order valence-corrected chi connectivity index (χ1v) is 7.52. The molecule has 18 heavy (non-hydrogen) atoms. The van der Waals surface area contributed by atoms with E-state index in [1.54, 1.807) is 0 Å². The van der Waals surface area contributed by atoms with Gasteiger partial charge >= 0.3 is 0 Å². The van der Waals surface area contributed by atoms with Crippen molar-refractivity contribution in [2.75, 3.05) is 33.2 Å². The second-order valence-corrected chi connectivity index (χ2v) is 5.85. The largest absolute Gasteiger partial charge is 0.317 e. The van der Waals surface area contributed by atoms with Crippen LogP contribution in [0.2, 0.25) is 0 Å². The van der Waals surface area contributed by atoms with Gasteiger partial charge in [-0.1, -0.05) is 12.5 Å². The smallest absolute Gasteiger partial charge is 0.0248 e. The average Bonchev–Trinajstić information content (AvgIpc) is 2.46. The summed E-state index contributed by atoms with van der Waals surface area (Å²) in [5.41, 5.74) is 0. The molecule has 2 aliphatic rings. The van der Waals surface area contributed by atoms with Gasteiger partial charge in [-0.05, 0) is 33.2 Å². The quantitative estimate of drug-likeness (QED) is 0.767. The van der Waals surface area contributed by atoms with Gasteiger partial charge in [0.15, 0.2) is 0 Å². The van der Waals surface area contributed by atoms with Gasteiger partial charge in [-0.3, -0.25) is 9.80 Å². The zero-order chi connectivity index (χ0) is 13.0. The topological polar surface area (TPSA) is 18.5 Å². The van der Waals surface area contributed by atoms with Crippen LogP contribution in [0.25, 0.3) is 0 Å². The summed E-state index contributed by atoms with van der Waals surface area (Å²) in [7, 11) is 2.11. The lowest BCUT2D eigenvalue weighted by molar-refractivity contribution is 0.0641. The molecular formula is C15H29N3. The Labute approximate surface area is 112 Å². The number of hydrogen-bond donors (Lipinski definition) is 1. The third-order valence-corrected chi connectivity index (χ3v) is 4.84. The van der Waals surface area contributed by atoms with Crippen LogP contribution < -0.4 is 5.32 Å². The fourth-order valence-electron chi connectivity index (χ4n) is 3.42. The molecule has 1 aliphatic carbocycles. The van der Waals surface area contributed by atoms with Gasteiger partial charge in [0.05, 0.1) is 0 Å². The molecule has 0 amide bonds. The molecule has 1 heterocycles. The van der Waals surface area contributed by atoms with Crippen LogP contribution in [0, 0.1) is 0 Å². The standard InChI is InChI=1S/C15H29N3/c1-4-13(2)17-8-10-18(11-9-17)15-7-5-6-14(12-15)16-3/h4,13-16H,1,5-12H2,2-3H3. The van der Waals surface area contributed by atoms with Crippen molar-refractivity contribution < 1.29 is 0 Å². The first kappa shape index (κ1) is 14.0. The predicted molar refractivity (Wildman–Crippen MR) is 77.9 cm³/mol. The third kappa shape index (κ3) is 3.34. The normalized spacial score (nSPS) is 33.2. The van der Waals surface area contributed by atoms with Crippen molar-refractivity contribution in [3.05, 3.63) is 12.7 Å². The van der Waals surface area contributed by atoms with Crippen LogP contribution in [0.1, 0.15) is 32.6 Å². The van der Waals surface area contributed by atoms with Crippen LogP contribution in [0.3, 0.4) is 0 Å². The summed E-state index contributed by atoms with van der Waals surface area (Å²) in [6.07, 6.45) is 7.55. The van der Waals surface area contributed by atoms with Gasteiger partial charge in [0.2, 0.25) is 0 Å². The van der Waals surface area contributed by atoms with Gasteiger partial charge in [-0.15, -0.1) is 6.58 Å². The molecule has 1 N–H and O–H groups in total. The molecule has 2 rings (SSSR count). The number of nitrogens with zero attached hydrogens (tertiary/aromatic N) is 2. The maximum absolute atomic E-state index is 3.90. The Morgan fingerprint density at radius 2 is 1.94 bits per heavy atom. The van der Waals surface area contributed by atoms with E-state index in [9.17, 15) is 0 Å². The summed E-state index contributed by atoms with van der Waals surface area (Å²) < 4.78 is 0. The molecule has 2 fully saturated rings. The molecule has 1 aliphatic heterocycles. The molecule has 104 valence electrons. The summed E-state index contributed by atoms with van der Waals surface area (Å²) >= 11 is 0. The molecule has 0 aromatic carbocycles. The van der Waals surface area contributed by atoms with Crippen LogP contribution in [-0.2, 0) is 0 Å². The van der Waals surface area contributed by atoms with Crippen molar-refractivity contribution >= 4 is 0 Å². The van der Waals surface area contributed by atoms with Crippen LogP contribution in [0.4, 0.5) is 0 Å². The highest BCUT2D eigenvalue weighted by Crippen LogP contribution is 2.24. The molecule has 1 saturated heterocycles. The van der Waals surface area contributed by atoms with Gasteiger partial charge < -0.3 is 5.32 Å². The van der Waals surface area contributed by atoms with Gasteiger partial charge in [0.1, 0.15) is 0 Å². The van der Waals surface area contributed by atoms with Crippen LogP contribution in [-0.4, -0.2) is 61.2 Å². The van der Waals surface area contributed by atoms with Crippen molar-refractivity contribution in [2.45, 2.75) is 50.7 Å². The first-order chi connectivity index (χ1) is 8.74. The van der Waals surface area contributed by atoms with E-state index in [-0.39, 0.29) is 0 Å². The maximum atomic E-state index is 3.90. The van der Waals surface area contributed by atoms with Gasteiger partial charge in [-0.2, -0.15) is 0 Å². The van der Waals surface area contributed by atoms with Gasteiger partial charge in [-0.25, -0.2) is 0 Å². The number of nitrogens with one attached hydrogen (secondary N) is 1. The molecule has 0 aromatic rings. The Balaban J connectivity index is 1.80. The van der Waals surface area contributed by atoms with E-state index >= 15 is 0 Å². The Morgan fingerprint density at radius 3 is 2.56 bits per heavy atom. The monoisotopic (exact) mass is 251 g/mol. The molecule has 0 aromatic heterocycles. The Bertz CT molecular complexity index is 258. The third-order valence-electron chi connectivity index (χ3n) is 4.84. The SMILES string of the molecule is C=CC(C)N1CCN(C2CCCC(NC)C2)CC1. The lowest BCUT2D eigenvalue weighted by Crippen LogP contribution is -2.54. The summed E-state index contributed by atoms with van der Waals surface area (Å²) in [4.78, 5) is 5.26. The molecule has 3 nitrogen and oxygen atoms in total. The number of hydrogen-bond acceptors (Lipinski definition) is 3. The molecule has 0 spiro atoms. The van der Waals surface area contributed by atoms with Crippen LogP contribution >= 0.6 is 0 Å². The molecule has 3 unspecified atom stereocenters. The minimum absolute atomic E-state index is 0.531. The average molecular weight is 251 g/mol. The predicted octanol–water partition coefficient (Wildman–Crippen LogP) is 1.71. The van der Waals surface area contributed by atoms with Crippen molar-refractivity contribution in [1.82, 2.24) is 15.1 Å². The fraction of sp³-hybridized carbons (Fsp3) is 0.867. The highest BCUT2D eigenvalue weighted by molar-refractivity contribution is 4.90. The Morgan fingerprint density at radius 1 is 1.22 bits per heavy atom. The van der Waals surface area contributed by atoms with E-state index in [2.05, 4.69) is 41.7 Å². The lowest BCUT2D eigenvalue weighted by Gasteiger charge is -2.43. The van der Waals surface area contributed by atoms with Gasteiger partial charge in [0.25, 0.3) is 0 Å². The minimum Gasteiger partial charge on any atom is -0.317 e. The van der Waals surface area contributed by atoms with Crippen LogP contribution in [0.15, 0.2) is 12.7 Å². The van der Waals surface area contributed by atoms with Crippen molar-refractivity contribution in [1.29, 1.82) is 0 Å². The van der Waals surface area contributed by atoms with E-state index in [4.69, 9.17) is 0 Å². The van der Waals surface area contributed by atoms with E-state index in [0.717, 1.165) is 12.1 Å². The summed E-state index contributed by atoms with van der Waals surface area (Å²) in [6.45, 7) is 11.0. The molecule has 3 heteroatoms. The van der Waals surface area contributed by atoms with E-state index in [0.29, 0.717) is 6.04 Å². The number of piperazine rings is 1. The Kier molecular flexibility index (Phi) is 5.22. The minimum atomic E-state index is 0.531. The van der Waals surface area contributed by atoms with E-state index < -0.39 is 0 Å². The highest BCUT2D eigenvalue weighted by Gasteiger charge is 2.28. The van der Waals surface area contributed by atoms with Crippen molar-refractivity contribution in [3.63, 3.8) is 0 Å². The summed E-state index contributed by atoms with van der Waals surface area (Å²) in [5, 5.41) is 3.46. The number of rotatable bonds is 4. The lowest BCUT2D eigenvalue weighted by atomic mass is 9.89. The second-order valence-electron chi connectivity index (χ2n) is 5.85. The van der Waals surface area contributed by atoms with Crippen LogP contribution in [0.5, 0.6) is 0 Å². The van der Waals surface area contributed by atoms with Gasteiger partial charge in [0, 0.05) is 44.3 Å². The van der Waals surface area contributed by atoms with Crippen molar-refractivity contribution in [3.8, 4) is 0 Å². The molecule has 0 radical (unpaired) electrons. The molecular weight excluding hydrogens is 222 g/mol. The molecule has 1 saturated carbocycles. The van der Waals surface area contributed by atoms with E-state index in [1.807, 2.05) is 0 Å². The molecule has 3 atom stereocenters. The fourth-order valence-corrected chi connectivity index (χ4v) is 3.42. The summed E-state index contributed by atoms with van der Waals surface area (Å²) in [6, 6.07) is 2.09. The maximum Gasteiger partial charge on any atom is 0.0248 e. The zero-order valence-corrected chi connectivity index (χ0v) is 12.1. The van der Waals surface area contributed by atoms with E-state index in [1.165, 1.54) is 51.9 Å². The Hall–Kier alpha value is -0.380.